The molecule has 0 heterocycles. The van der Waals surface area contributed by atoms with E-state index in [2.05, 4.69) is 0 Å². The summed E-state index contributed by atoms with van der Waals surface area (Å²) in [5, 5.41) is 0. The number of rotatable bonds is 22. The van der Waals surface area contributed by atoms with Gasteiger partial charge in [-0.25, -0.2) is 28.8 Å². The summed E-state index contributed by atoms with van der Waals surface area (Å²) in [6, 6.07) is 49.1. The summed E-state index contributed by atoms with van der Waals surface area (Å²) in [5.74, 6) is -4.32. The highest BCUT2D eigenvalue weighted by molar-refractivity contribution is 5.92. The van der Waals surface area contributed by atoms with Gasteiger partial charge in [0.05, 0.1) is 57.4 Å². The molecule has 13 nitrogen and oxygen atoms in total. The largest absolute Gasteiger partial charge is 0.461 e. The van der Waals surface area contributed by atoms with Gasteiger partial charge in [0.25, 0.3) is 0 Å². The first-order valence-electron chi connectivity index (χ1n) is 20.6. The van der Waals surface area contributed by atoms with E-state index >= 15 is 0 Å². The van der Waals surface area contributed by atoms with Crippen LogP contribution < -0.4 is 0 Å². The van der Waals surface area contributed by atoms with Crippen molar-refractivity contribution in [3.8, 4) is 0 Å². The molecule has 0 aromatic heterocycles. The molecule has 0 saturated carbocycles. The first-order chi connectivity index (χ1) is 31.6. The molecule has 65 heavy (non-hydrogen) atoms. The fourth-order valence-electron chi connectivity index (χ4n) is 6.24. The number of hydrogen-bond donors (Lipinski definition) is 0. The standard InChI is InChI=1S/C52H46O13/c53-45(39-19-7-1-8-20-39)60-33-51(34-61-46(54)40-21-9-2-10-22-40,35-62-47(55)41-23-11-3-12-24-41)31-59-32-52(36-63-48(56)42-25-13-4-14-26-42,37-64-49(57)43-27-15-5-16-28-43)38-65-50(58)44-29-17-6-18-30-44/h1-30H,31-38H2. The highest BCUT2D eigenvalue weighted by Crippen LogP contribution is 2.28. The van der Waals surface area contributed by atoms with Crippen molar-refractivity contribution >= 4 is 35.8 Å². The van der Waals surface area contributed by atoms with Crippen molar-refractivity contribution in [2.75, 3.05) is 52.9 Å². The summed E-state index contributed by atoms with van der Waals surface area (Å²) in [4.78, 5) is 80.5. The van der Waals surface area contributed by atoms with Gasteiger partial charge in [0, 0.05) is 0 Å². The quantitative estimate of drug-likeness (QED) is 0.0474. The van der Waals surface area contributed by atoms with Crippen LogP contribution in [-0.2, 0) is 33.2 Å². The monoisotopic (exact) mass is 878 g/mol. The Bertz CT molecular complexity index is 2020. The molecule has 0 atom stereocenters. The molecule has 0 saturated heterocycles. The molecule has 0 N–H and O–H groups in total. The van der Waals surface area contributed by atoms with Gasteiger partial charge in [-0.1, -0.05) is 109 Å². The third-order valence-corrected chi connectivity index (χ3v) is 9.93. The van der Waals surface area contributed by atoms with Crippen LogP contribution in [0.1, 0.15) is 62.1 Å². The van der Waals surface area contributed by atoms with E-state index in [4.69, 9.17) is 33.2 Å². The van der Waals surface area contributed by atoms with Crippen molar-refractivity contribution in [1.29, 1.82) is 0 Å². The number of ether oxygens (including phenoxy) is 7. The Hall–Kier alpha value is -7.90. The average Bonchev–Trinajstić information content (AvgIpc) is 3.37. The predicted molar refractivity (Wildman–Crippen MR) is 236 cm³/mol. The van der Waals surface area contributed by atoms with E-state index in [-0.39, 0.29) is 33.4 Å². The molecule has 6 aromatic rings. The number of benzene rings is 6. The van der Waals surface area contributed by atoms with E-state index in [0.717, 1.165) is 0 Å². The molecule has 0 radical (unpaired) electrons. The van der Waals surface area contributed by atoms with Gasteiger partial charge in [-0.15, -0.1) is 0 Å². The van der Waals surface area contributed by atoms with E-state index in [9.17, 15) is 28.8 Å². The molecule has 332 valence electrons. The molecule has 0 fully saturated rings. The summed E-state index contributed by atoms with van der Waals surface area (Å²) in [5.41, 5.74) is -1.82. The van der Waals surface area contributed by atoms with Crippen molar-refractivity contribution in [2.24, 2.45) is 10.8 Å². The van der Waals surface area contributed by atoms with Gasteiger partial charge >= 0.3 is 35.8 Å². The zero-order chi connectivity index (χ0) is 45.7. The molecule has 0 aliphatic carbocycles. The Balaban J connectivity index is 1.34. The van der Waals surface area contributed by atoms with Crippen molar-refractivity contribution < 1.29 is 61.9 Å². The summed E-state index contributed by atoms with van der Waals surface area (Å²) in [6.45, 7) is -3.83. The summed E-state index contributed by atoms with van der Waals surface area (Å²) < 4.78 is 41.4. The third kappa shape index (κ3) is 14.1. The van der Waals surface area contributed by atoms with Crippen LogP contribution in [0.25, 0.3) is 0 Å². The van der Waals surface area contributed by atoms with E-state index in [1.165, 1.54) is 0 Å². The van der Waals surface area contributed by atoms with E-state index < -0.39 is 99.5 Å². The Labute approximate surface area is 375 Å². The Morgan fingerprint density at radius 1 is 0.246 bits per heavy atom. The summed E-state index contributed by atoms with van der Waals surface area (Å²) >= 11 is 0. The predicted octanol–water partition coefficient (Wildman–Crippen LogP) is 8.12. The fourth-order valence-corrected chi connectivity index (χ4v) is 6.24. The number of esters is 6. The molecule has 13 heteroatoms. The maximum Gasteiger partial charge on any atom is 0.338 e. The molecule has 0 unspecified atom stereocenters. The molecule has 0 aliphatic rings. The van der Waals surface area contributed by atoms with Gasteiger partial charge in [-0.3, -0.25) is 0 Å². The summed E-state index contributed by atoms with van der Waals surface area (Å²) in [6.07, 6.45) is 0. The van der Waals surface area contributed by atoms with Crippen LogP contribution in [0.4, 0.5) is 0 Å². The topological polar surface area (TPSA) is 167 Å². The molecule has 0 amide bonds. The van der Waals surface area contributed by atoms with Gasteiger partial charge in [0.1, 0.15) is 39.6 Å². The number of carbonyl (C=O) groups excluding carboxylic acids is 6. The first-order valence-corrected chi connectivity index (χ1v) is 20.6. The Kier molecular flexibility index (Phi) is 16.9. The van der Waals surface area contributed by atoms with Gasteiger partial charge in [-0.05, 0) is 72.8 Å². The molecule has 0 bridgehead atoms. The van der Waals surface area contributed by atoms with Gasteiger partial charge in [0.15, 0.2) is 0 Å². The zero-order valence-corrected chi connectivity index (χ0v) is 35.3. The van der Waals surface area contributed by atoms with Crippen LogP contribution in [0.5, 0.6) is 0 Å². The smallest absolute Gasteiger partial charge is 0.338 e. The van der Waals surface area contributed by atoms with Gasteiger partial charge in [-0.2, -0.15) is 0 Å². The second-order valence-corrected chi connectivity index (χ2v) is 15.1. The lowest BCUT2D eigenvalue weighted by atomic mass is 9.90. The Morgan fingerprint density at radius 2 is 0.400 bits per heavy atom. The van der Waals surface area contributed by atoms with Crippen LogP contribution in [-0.4, -0.2) is 88.7 Å². The lowest BCUT2D eigenvalue weighted by Gasteiger charge is -2.35. The van der Waals surface area contributed by atoms with Crippen molar-refractivity contribution in [1.82, 2.24) is 0 Å². The zero-order valence-electron chi connectivity index (χ0n) is 35.3. The minimum atomic E-state index is -1.59. The second kappa shape index (κ2) is 23.5. The minimum Gasteiger partial charge on any atom is -0.461 e. The van der Waals surface area contributed by atoms with Crippen molar-refractivity contribution in [2.45, 2.75) is 0 Å². The SMILES string of the molecule is O=C(OCC(COCC(COC(=O)c1ccccc1)(COC(=O)c1ccccc1)COC(=O)c1ccccc1)(COC(=O)c1ccccc1)COC(=O)c1ccccc1)c1ccccc1. The molecule has 0 aliphatic heterocycles. The van der Waals surface area contributed by atoms with Crippen molar-refractivity contribution in [3.63, 3.8) is 0 Å². The number of hydrogen-bond acceptors (Lipinski definition) is 13. The average molecular weight is 879 g/mol. The van der Waals surface area contributed by atoms with Crippen LogP contribution in [0.15, 0.2) is 182 Å². The fraction of sp³-hybridized carbons (Fsp3) is 0.192. The van der Waals surface area contributed by atoms with Crippen LogP contribution >= 0.6 is 0 Å². The Morgan fingerprint density at radius 3 is 0.554 bits per heavy atom. The summed E-state index contributed by atoms with van der Waals surface area (Å²) in [7, 11) is 0. The first kappa shape index (κ1) is 46.6. The molecular formula is C52H46O13. The normalized spacial score (nSPS) is 11.1. The van der Waals surface area contributed by atoms with E-state index in [1.807, 2.05) is 0 Å². The molecular weight excluding hydrogens is 833 g/mol. The highest BCUT2D eigenvalue weighted by atomic mass is 16.6. The number of carbonyl (C=O) groups is 6. The lowest BCUT2D eigenvalue weighted by Crippen LogP contribution is -2.47. The molecule has 0 spiro atoms. The minimum absolute atomic E-state index is 0.226. The maximum absolute atomic E-state index is 13.4. The maximum atomic E-state index is 13.4. The van der Waals surface area contributed by atoms with Crippen LogP contribution in [0, 0.1) is 10.8 Å². The van der Waals surface area contributed by atoms with E-state index in [0.29, 0.717) is 0 Å². The van der Waals surface area contributed by atoms with Gasteiger partial charge < -0.3 is 33.2 Å². The van der Waals surface area contributed by atoms with Crippen LogP contribution in [0.3, 0.4) is 0 Å². The van der Waals surface area contributed by atoms with Gasteiger partial charge in [0.2, 0.25) is 0 Å². The lowest BCUT2D eigenvalue weighted by molar-refractivity contribution is -0.112. The molecule has 6 rings (SSSR count). The highest BCUT2D eigenvalue weighted by Gasteiger charge is 2.41. The van der Waals surface area contributed by atoms with E-state index in [1.54, 1.807) is 182 Å². The second-order valence-electron chi connectivity index (χ2n) is 15.1. The van der Waals surface area contributed by atoms with Crippen molar-refractivity contribution in [3.05, 3.63) is 215 Å². The third-order valence-electron chi connectivity index (χ3n) is 9.93. The molecule has 6 aromatic carbocycles. The van der Waals surface area contributed by atoms with Crippen LogP contribution in [0.2, 0.25) is 0 Å².